The van der Waals surface area contributed by atoms with Gasteiger partial charge in [0.05, 0.1) is 11.5 Å². The fourth-order valence-corrected chi connectivity index (χ4v) is 2.92. The van der Waals surface area contributed by atoms with E-state index in [1.807, 2.05) is 18.0 Å². The molecule has 1 aliphatic rings. The van der Waals surface area contributed by atoms with Gasteiger partial charge in [-0.3, -0.25) is 24.7 Å². The molecule has 1 N–H and O–H groups in total. The van der Waals surface area contributed by atoms with Gasteiger partial charge >= 0.3 is 5.97 Å². The first-order valence-electron chi connectivity index (χ1n) is 7.34. The van der Waals surface area contributed by atoms with Gasteiger partial charge in [-0.05, 0) is 33.0 Å². The summed E-state index contributed by atoms with van der Waals surface area (Å²) in [5, 5.41) is 19.9. The Labute approximate surface area is 141 Å². The largest absolute Gasteiger partial charge is 0.480 e. The summed E-state index contributed by atoms with van der Waals surface area (Å²) >= 11 is 0. The molecule has 0 saturated carbocycles. The Balaban J connectivity index is 0.00000264. The number of hydrogen-bond acceptors (Lipinski definition) is 5. The van der Waals surface area contributed by atoms with Crippen LogP contribution in [0.1, 0.15) is 18.4 Å². The number of nitro benzene ring substituents is 1. The molecule has 8 heteroatoms. The minimum atomic E-state index is -0.815. The number of piperidine rings is 1. The summed E-state index contributed by atoms with van der Waals surface area (Å²) in [4.78, 5) is 25.5. The van der Waals surface area contributed by atoms with E-state index in [-0.39, 0.29) is 35.6 Å². The molecule has 23 heavy (non-hydrogen) atoms. The van der Waals surface area contributed by atoms with E-state index < -0.39 is 5.97 Å². The zero-order chi connectivity index (χ0) is 16.1. The third-order valence-electron chi connectivity index (χ3n) is 4.15. The molecule has 0 unspecified atom stereocenters. The quantitative estimate of drug-likeness (QED) is 0.628. The van der Waals surface area contributed by atoms with Crippen LogP contribution in [0.4, 0.5) is 5.69 Å². The Morgan fingerprint density at radius 2 is 2.00 bits per heavy atom. The number of carboxylic acids is 1. The molecule has 1 aromatic rings. The van der Waals surface area contributed by atoms with E-state index in [2.05, 4.69) is 4.90 Å². The summed E-state index contributed by atoms with van der Waals surface area (Å²) < 4.78 is 0. The number of nitrogens with zero attached hydrogens (tertiary/aromatic N) is 3. The van der Waals surface area contributed by atoms with Crippen LogP contribution in [0.2, 0.25) is 0 Å². The predicted octanol–water partition coefficient (Wildman–Crippen LogP) is 2.00. The number of para-hydroxylation sites is 1. The lowest BCUT2D eigenvalue weighted by Gasteiger charge is -2.36. The third-order valence-corrected chi connectivity index (χ3v) is 4.15. The van der Waals surface area contributed by atoms with Crippen molar-refractivity contribution in [3.63, 3.8) is 0 Å². The number of rotatable bonds is 6. The van der Waals surface area contributed by atoms with Gasteiger partial charge in [0.2, 0.25) is 0 Å². The average Bonchev–Trinajstić information content (AvgIpc) is 2.47. The topological polar surface area (TPSA) is 86.9 Å². The van der Waals surface area contributed by atoms with E-state index in [9.17, 15) is 14.9 Å². The fraction of sp³-hybridized carbons (Fsp3) is 0.533. The van der Waals surface area contributed by atoms with Gasteiger partial charge < -0.3 is 5.11 Å². The molecule has 1 heterocycles. The summed E-state index contributed by atoms with van der Waals surface area (Å²) in [6.45, 7) is 2.25. The maximum Gasteiger partial charge on any atom is 0.317 e. The molecular formula is C15H22ClN3O4. The van der Waals surface area contributed by atoms with E-state index in [4.69, 9.17) is 5.11 Å². The predicted molar refractivity (Wildman–Crippen MR) is 88.9 cm³/mol. The standard InChI is InChI=1S/C15H21N3O4.ClH/c1-16(11-15(19)20)13-6-8-17(9-7-13)10-12-4-2-3-5-14(12)18(21)22;/h2-5,13H,6-11H2,1H3,(H,19,20);1H. The molecule has 0 atom stereocenters. The van der Waals surface area contributed by atoms with Crippen LogP contribution in [-0.4, -0.2) is 58.5 Å². The van der Waals surface area contributed by atoms with E-state index in [1.54, 1.807) is 12.1 Å². The maximum absolute atomic E-state index is 11.0. The van der Waals surface area contributed by atoms with Gasteiger partial charge in [0, 0.05) is 24.2 Å². The Morgan fingerprint density at radius 1 is 1.39 bits per heavy atom. The lowest BCUT2D eigenvalue weighted by molar-refractivity contribution is -0.385. The summed E-state index contributed by atoms with van der Waals surface area (Å²) in [5.41, 5.74) is 0.887. The van der Waals surface area contributed by atoms with E-state index in [0.717, 1.165) is 31.5 Å². The molecule has 0 aliphatic carbocycles. The molecule has 2 rings (SSSR count). The van der Waals surface area contributed by atoms with Crippen molar-refractivity contribution in [3.8, 4) is 0 Å². The van der Waals surface area contributed by atoms with Gasteiger partial charge in [0.15, 0.2) is 0 Å². The SMILES string of the molecule is CN(CC(=O)O)C1CCN(Cc2ccccc2[N+](=O)[O-])CC1.Cl. The van der Waals surface area contributed by atoms with Crippen molar-refractivity contribution in [2.24, 2.45) is 0 Å². The monoisotopic (exact) mass is 343 g/mol. The summed E-state index contributed by atoms with van der Waals surface area (Å²) in [7, 11) is 1.83. The molecule has 1 aliphatic heterocycles. The maximum atomic E-state index is 11.0. The highest BCUT2D eigenvalue weighted by Crippen LogP contribution is 2.22. The van der Waals surface area contributed by atoms with E-state index in [1.165, 1.54) is 6.07 Å². The Morgan fingerprint density at radius 3 is 2.57 bits per heavy atom. The number of halogens is 1. The van der Waals surface area contributed by atoms with Gasteiger partial charge in [0.1, 0.15) is 0 Å². The second-order valence-corrected chi connectivity index (χ2v) is 5.70. The first kappa shape index (κ1) is 19.3. The summed E-state index contributed by atoms with van der Waals surface area (Å²) in [5.74, 6) is -0.815. The zero-order valence-electron chi connectivity index (χ0n) is 13.1. The first-order chi connectivity index (χ1) is 10.5. The van der Waals surface area contributed by atoms with Gasteiger partial charge in [-0.15, -0.1) is 12.4 Å². The van der Waals surface area contributed by atoms with Crippen molar-refractivity contribution < 1.29 is 14.8 Å². The van der Waals surface area contributed by atoms with Crippen LogP contribution in [0.15, 0.2) is 24.3 Å². The molecule has 0 bridgehead atoms. The van der Waals surface area contributed by atoms with Gasteiger partial charge in [-0.2, -0.15) is 0 Å². The third kappa shape index (κ3) is 5.46. The molecule has 1 saturated heterocycles. The van der Waals surface area contributed by atoms with Crippen LogP contribution in [0.5, 0.6) is 0 Å². The molecule has 0 amide bonds. The van der Waals surface area contributed by atoms with Crippen molar-refractivity contribution in [3.05, 3.63) is 39.9 Å². The molecular weight excluding hydrogens is 322 g/mol. The van der Waals surface area contributed by atoms with Crippen LogP contribution in [0.3, 0.4) is 0 Å². The van der Waals surface area contributed by atoms with Crippen LogP contribution < -0.4 is 0 Å². The van der Waals surface area contributed by atoms with Gasteiger partial charge in [-0.1, -0.05) is 18.2 Å². The van der Waals surface area contributed by atoms with Crippen molar-refractivity contribution in [2.45, 2.75) is 25.4 Å². The summed E-state index contributed by atoms with van der Waals surface area (Å²) in [6.07, 6.45) is 1.76. The number of benzene rings is 1. The second kappa shape index (κ2) is 8.81. The molecule has 0 radical (unpaired) electrons. The van der Waals surface area contributed by atoms with E-state index >= 15 is 0 Å². The van der Waals surface area contributed by atoms with Crippen LogP contribution >= 0.6 is 12.4 Å². The van der Waals surface area contributed by atoms with Crippen molar-refractivity contribution in [1.29, 1.82) is 0 Å². The normalized spacial score (nSPS) is 16.1. The zero-order valence-corrected chi connectivity index (χ0v) is 13.9. The highest BCUT2D eigenvalue weighted by Gasteiger charge is 2.24. The average molecular weight is 344 g/mol. The van der Waals surface area contributed by atoms with Crippen LogP contribution in [0.25, 0.3) is 0 Å². The Bertz CT molecular complexity index is 547. The molecule has 1 fully saturated rings. The van der Waals surface area contributed by atoms with Crippen molar-refractivity contribution >= 4 is 24.1 Å². The number of likely N-dealkylation sites (tertiary alicyclic amines) is 1. The second-order valence-electron chi connectivity index (χ2n) is 5.70. The number of aliphatic carboxylic acids is 1. The molecule has 0 aromatic heterocycles. The van der Waals surface area contributed by atoms with Gasteiger partial charge in [-0.25, -0.2) is 0 Å². The lowest BCUT2D eigenvalue weighted by Crippen LogP contribution is -2.44. The highest BCUT2D eigenvalue weighted by molar-refractivity contribution is 5.85. The molecule has 1 aromatic carbocycles. The van der Waals surface area contributed by atoms with Crippen molar-refractivity contribution in [2.75, 3.05) is 26.7 Å². The lowest BCUT2D eigenvalue weighted by atomic mass is 10.0. The number of carbonyl (C=O) groups is 1. The van der Waals surface area contributed by atoms with Crippen molar-refractivity contribution in [1.82, 2.24) is 9.80 Å². The summed E-state index contributed by atoms with van der Waals surface area (Å²) in [6, 6.07) is 7.08. The van der Waals surface area contributed by atoms with E-state index in [0.29, 0.717) is 6.54 Å². The number of carboxylic acid groups (broad SMARTS) is 1. The van der Waals surface area contributed by atoms with Gasteiger partial charge in [0.25, 0.3) is 5.69 Å². The Hall–Kier alpha value is -1.70. The first-order valence-corrected chi connectivity index (χ1v) is 7.34. The minimum absolute atomic E-state index is 0. The number of hydrogen-bond donors (Lipinski definition) is 1. The van der Waals surface area contributed by atoms with Crippen LogP contribution in [-0.2, 0) is 11.3 Å². The smallest absolute Gasteiger partial charge is 0.317 e. The van der Waals surface area contributed by atoms with Crippen LogP contribution in [0, 0.1) is 10.1 Å². The highest BCUT2D eigenvalue weighted by atomic mass is 35.5. The minimum Gasteiger partial charge on any atom is -0.480 e. The molecule has 0 spiro atoms. The fourth-order valence-electron chi connectivity index (χ4n) is 2.92. The Kier molecular flexibility index (Phi) is 7.41. The number of likely N-dealkylation sites (N-methyl/N-ethyl adjacent to an activating group) is 1. The number of nitro groups is 1. The molecule has 7 nitrogen and oxygen atoms in total. The molecule has 128 valence electrons.